The molecule has 1 aromatic carbocycles. The van der Waals surface area contributed by atoms with Crippen LogP contribution in [0.15, 0.2) is 30.3 Å². The lowest BCUT2D eigenvalue weighted by molar-refractivity contribution is -0.385. The lowest BCUT2D eigenvalue weighted by Gasteiger charge is -2.33. The van der Waals surface area contributed by atoms with Gasteiger partial charge < -0.3 is 10.2 Å². The van der Waals surface area contributed by atoms with Crippen molar-refractivity contribution >= 4 is 17.7 Å². The van der Waals surface area contributed by atoms with Gasteiger partial charge in [0.05, 0.1) is 10.5 Å². The van der Waals surface area contributed by atoms with E-state index in [4.69, 9.17) is 0 Å². The number of hydrogen-bond donors (Lipinski definition) is 1. The third-order valence-electron chi connectivity index (χ3n) is 4.41. The first-order valence-electron chi connectivity index (χ1n) is 8.51. The van der Waals surface area contributed by atoms with Crippen LogP contribution in [-0.2, 0) is 4.79 Å². The van der Waals surface area contributed by atoms with Gasteiger partial charge in [0.15, 0.2) is 0 Å². The van der Waals surface area contributed by atoms with E-state index in [1.807, 2.05) is 0 Å². The number of carbonyl (C=O) groups is 1. The van der Waals surface area contributed by atoms with Crippen LogP contribution in [-0.4, -0.2) is 41.4 Å². The molecular formula is C18H25N3O3. The monoisotopic (exact) mass is 331 g/mol. The molecule has 1 N–H and O–H groups in total. The second-order valence-electron chi connectivity index (χ2n) is 6.17. The summed E-state index contributed by atoms with van der Waals surface area (Å²) in [5.74, 6) is -0.222. The van der Waals surface area contributed by atoms with E-state index in [1.54, 1.807) is 18.2 Å². The molecule has 0 aliphatic carbocycles. The lowest BCUT2D eigenvalue weighted by atomic mass is 10.0. The number of nitrogens with zero attached hydrogens (tertiary/aromatic N) is 2. The van der Waals surface area contributed by atoms with Crippen LogP contribution in [0.25, 0.3) is 6.08 Å². The van der Waals surface area contributed by atoms with E-state index < -0.39 is 4.92 Å². The van der Waals surface area contributed by atoms with Crippen molar-refractivity contribution in [1.29, 1.82) is 0 Å². The van der Waals surface area contributed by atoms with Gasteiger partial charge in [0, 0.05) is 31.3 Å². The highest BCUT2D eigenvalue weighted by Gasteiger charge is 2.17. The maximum absolute atomic E-state index is 11.8. The Morgan fingerprint density at radius 2 is 2.21 bits per heavy atom. The van der Waals surface area contributed by atoms with Crippen molar-refractivity contribution in [2.45, 2.75) is 38.6 Å². The molecule has 1 saturated heterocycles. The zero-order valence-electron chi connectivity index (χ0n) is 14.1. The average molecular weight is 331 g/mol. The Bertz CT molecular complexity index is 601. The van der Waals surface area contributed by atoms with E-state index in [-0.39, 0.29) is 11.6 Å². The molecule has 2 rings (SSSR count). The summed E-state index contributed by atoms with van der Waals surface area (Å²) in [7, 11) is 0. The molecule has 0 spiro atoms. The molecule has 1 aromatic rings. The fourth-order valence-electron chi connectivity index (χ4n) is 3.00. The third kappa shape index (κ3) is 5.45. The number of nitrogens with one attached hydrogen (secondary N) is 1. The minimum absolute atomic E-state index is 0.000589. The minimum atomic E-state index is -0.447. The van der Waals surface area contributed by atoms with E-state index >= 15 is 0 Å². The number of likely N-dealkylation sites (tertiary alicyclic amines) is 1. The quantitative estimate of drug-likeness (QED) is 0.361. The number of rotatable bonds is 7. The lowest BCUT2D eigenvalue weighted by Crippen LogP contribution is -2.39. The number of carbonyl (C=O) groups excluding carboxylic acids is 1. The van der Waals surface area contributed by atoms with Crippen LogP contribution in [0.2, 0.25) is 0 Å². The molecule has 1 amide bonds. The predicted molar refractivity (Wildman–Crippen MR) is 94.6 cm³/mol. The molecule has 6 heteroatoms. The van der Waals surface area contributed by atoms with Crippen molar-refractivity contribution in [1.82, 2.24) is 10.2 Å². The summed E-state index contributed by atoms with van der Waals surface area (Å²) in [6.45, 7) is 5.01. The SMILES string of the molecule is C[C@@H]1CCCCN1CCCNC(=O)/C=C/c1ccccc1[N+](=O)[O-]. The van der Waals surface area contributed by atoms with Crippen LogP contribution in [0.4, 0.5) is 5.69 Å². The maximum atomic E-state index is 11.8. The first-order chi connectivity index (χ1) is 11.6. The molecule has 1 heterocycles. The number of para-hydroxylation sites is 1. The fourth-order valence-corrected chi connectivity index (χ4v) is 3.00. The van der Waals surface area contributed by atoms with Gasteiger partial charge in [0.1, 0.15) is 0 Å². The van der Waals surface area contributed by atoms with Crippen LogP contribution in [0.5, 0.6) is 0 Å². The largest absolute Gasteiger partial charge is 0.353 e. The van der Waals surface area contributed by atoms with Crippen LogP contribution in [0.3, 0.4) is 0 Å². The molecule has 0 radical (unpaired) electrons. The Balaban J connectivity index is 1.74. The van der Waals surface area contributed by atoms with Gasteiger partial charge in [-0.1, -0.05) is 18.6 Å². The predicted octanol–water partition coefficient (Wildman–Crippen LogP) is 2.99. The first-order valence-corrected chi connectivity index (χ1v) is 8.51. The van der Waals surface area contributed by atoms with E-state index in [9.17, 15) is 14.9 Å². The third-order valence-corrected chi connectivity index (χ3v) is 4.41. The summed E-state index contributed by atoms with van der Waals surface area (Å²) in [5, 5.41) is 13.8. The normalized spacial score (nSPS) is 18.6. The molecule has 0 saturated carbocycles. The Kier molecular flexibility index (Phi) is 6.93. The van der Waals surface area contributed by atoms with Crippen LogP contribution in [0, 0.1) is 10.1 Å². The summed E-state index contributed by atoms with van der Waals surface area (Å²) in [6, 6.07) is 7.01. The number of piperidine rings is 1. The molecule has 1 fully saturated rings. The molecule has 1 atom stereocenters. The highest BCUT2D eigenvalue weighted by molar-refractivity contribution is 5.92. The molecule has 1 aliphatic rings. The van der Waals surface area contributed by atoms with E-state index in [0.29, 0.717) is 18.2 Å². The maximum Gasteiger partial charge on any atom is 0.276 e. The number of benzene rings is 1. The van der Waals surface area contributed by atoms with Gasteiger partial charge in [0.25, 0.3) is 5.69 Å². The minimum Gasteiger partial charge on any atom is -0.353 e. The fraction of sp³-hybridized carbons (Fsp3) is 0.500. The molecule has 130 valence electrons. The van der Waals surface area contributed by atoms with Gasteiger partial charge in [-0.25, -0.2) is 0 Å². The molecule has 0 unspecified atom stereocenters. The second-order valence-corrected chi connectivity index (χ2v) is 6.17. The van der Waals surface area contributed by atoms with Crippen LogP contribution < -0.4 is 5.32 Å². The van der Waals surface area contributed by atoms with Gasteiger partial charge in [-0.2, -0.15) is 0 Å². The summed E-state index contributed by atoms with van der Waals surface area (Å²) < 4.78 is 0. The van der Waals surface area contributed by atoms with Crippen molar-refractivity contribution in [2.24, 2.45) is 0 Å². The number of nitro groups is 1. The summed E-state index contributed by atoms with van der Waals surface area (Å²) >= 11 is 0. The molecule has 24 heavy (non-hydrogen) atoms. The van der Waals surface area contributed by atoms with Crippen LogP contribution in [0.1, 0.15) is 38.2 Å². The Labute approximate surface area is 142 Å². The van der Waals surface area contributed by atoms with E-state index in [1.165, 1.54) is 37.5 Å². The number of hydrogen-bond acceptors (Lipinski definition) is 4. The molecule has 0 aromatic heterocycles. The molecule has 1 aliphatic heterocycles. The number of amides is 1. The van der Waals surface area contributed by atoms with E-state index in [0.717, 1.165) is 19.5 Å². The van der Waals surface area contributed by atoms with Gasteiger partial charge >= 0.3 is 0 Å². The van der Waals surface area contributed by atoms with Crippen LogP contribution >= 0.6 is 0 Å². The molecular weight excluding hydrogens is 306 g/mol. The standard InChI is InChI=1S/C18H25N3O3/c1-15-7-4-5-13-20(15)14-6-12-19-18(22)11-10-16-8-2-3-9-17(16)21(23)24/h2-3,8-11,15H,4-7,12-14H2,1H3,(H,19,22)/b11-10+/t15-/m1/s1. The van der Waals surface area contributed by atoms with Gasteiger partial charge in [-0.15, -0.1) is 0 Å². The van der Waals surface area contributed by atoms with Crippen molar-refractivity contribution < 1.29 is 9.72 Å². The number of nitro benzene ring substituents is 1. The molecule has 6 nitrogen and oxygen atoms in total. The Hall–Kier alpha value is -2.21. The Morgan fingerprint density at radius 3 is 2.96 bits per heavy atom. The Morgan fingerprint density at radius 1 is 1.42 bits per heavy atom. The summed E-state index contributed by atoms with van der Waals surface area (Å²) in [6.07, 6.45) is 7.58. The highest BCUT2D eigenvalue weighted by atomic mass is 16.6. The van der Waals surface area contributed by atoms with E-state index in [2.05, 4.69) is 17.1 Å². The topological polar surface area (TPSA) is 75.5 Å². The smallest absolute Gasteiger partial charge is 0.276 e. The van der Waals surface area contributed by atoms with Gasteiger partial charge in [0.2, 0.25) is 5.91 Å². The first kappa shape index (κ1) is 18.1. The van der Waals surface area contributed by atoms with Crippen molar-refractivity contribution in [3.63, 3.8) is 0 Å². The average Bonchev–Trinajstić information content (AvgIpc) is 2.58. The van der Waals surface area contributed by atoms with Gasteiger partial charge in [-0.05, 0) is 44.9 Å². The molecule has 0 bridgehead atoms. The highest BCUT2D eigenvalue weighted by Crippen LogP contribution is 2.19. The summed E-state index contributed by atoms with van der Waals surface area (Å²) in [4.78, 5) is 24.8. The van der Waals surface area contributed by atoms with Crippen molar-refractivity contribution in [2.75, 3.05) is 19.6 Å². The van der Waals surface area contributed by atoms with Crippen molar-refractivity contribution in [3.05, 3.63) is 46.0 Å². The second kappa shape index (κ2) is 9.17. The summed E-state index contributed by atoms with van der Waals surface area (Å²) in [5.41, 5.74) is 0.431. The zero-order valence-corrected chi connectivity index (χ0v) is 14.1. The van der Waals surface area contributed by atoms with Gasteiger partial charge in [-0.3, -0.25) is 14.9 Å². The van der Waals surface area contributed by atoms with Crippen molar-refractivity contribution in [3.8, 4) is 0 Å². The zero-order chi connectivity index (χ0) is 17.4.